The van der Waals surface area contributed by atoms with E-state index in [0.29, 0.717) is 23.4 Å². The lowest BCUT2D eigenvalue weighted by molar-refractivity contribution is -0.119. The van der Waals surface area contributed by atoms with E-state index in [4.69, 9.17) is 0 Å². The minimum absolute atomic E-state index is 0.153. The first-order valence-electron chi connectivity index (χ1n) is 9.73. The van der Waals surface area contributed by atoms with Gasteiger partial charge in [0, 0.05) is 30.1 Å². The van der Waals surface area contributed by atoms with Crippen LogP contribution in [-0.4, -0.2) is 26.6 Å². The van der Waals surface area contributed by atoms with Crippen LogP contribution in [-0.2, 0) is 21.1 Å². The molecule has 0 radical (unpaired) electrons. The lowest BCUT2D eigenvalue weighted by Gasteiger charge is -2.34. The van der Waals surface area contributed by atoms with Gasteiger partial charge in [0.25, 0.3) is 5.91 Å². The third kappa shape index (κ3) is 4.51. The molecule has 0 fully saturated rings. The van der Waals surface area contributed by atoms with E-state index in [0.717, 1.165) is 11.8 Å². The fourth-order valence-electron chi connectivity index (χ4n) is 3.52. The summed E-state index contributed by atoms with van der Waals surface area (Å²) in [5, 5.41) is 3.16. The van der Waals surface area contributed by atoms with Crippen LogP contribution >= 0.6 is 0 Å². The van der Waals surface area contributed by atoms with Gasteiger partial charge >= 0.3 is 0 Å². The quantitative estimate of drug-likeness (QED) is 0.661. The number of sulfone groups is 1. The highest BCUT2D eigenvalue weighted by Crippen LogP contribution is 2.30. The Morgan fingerprint density at radius 3 is 2.19 bits per heavy atom. The molecule has 3 aromatic rings. The monoisotopic (exact) mass is 436 g/mol. The molecule has 158 valence electrons. The highest BCUT2D eigenvalue weighted by Gasteiger charge is 2.32. The molecule has 0 saturated carbocycles. The number of hydrogen-bond donors (Lipinski definition) is 1. The number of halogens is 1. The molecule has 1 N–H and O–H groups in total. The van der Waals surface area contributed by atoms with Crippen LogP contribution in [0.25, 0.3) is 5.70 Å². The molecule has 1 atom stereocenters. The Balaban J connectivity index is 1.70. The van der Waals surface area contributed by atoms with Crippen molar-refractivity contribution in [1.82, 2.24) is 5.32 Å². The first-order valence-corrected chi connectivity index (χ1v) is 11.6. The number of hydrogen-bond acceptors (Lipinski definition) is 4. The Morgan fingerprint density at radius 1 is 0.935 bits per heavy atom. The van der Waals surface area contributed by atoms with Crippen LogP contribution in [0.15, 0.2) is 90.0 Å². The summed E-state index contributed by atoms with van der Waals surface area (Å²) in [6.45, 7) is 0. The number of nitrogens with zero attached hydrogens (tertiary/aromatic N) is 1. The SMILES string of the molecule is CS(=O)(=O)c1ccc(C2=CNC(Cc3ccc(F)cc3)C(=O)N2c2ccccc2)cc1. The van der Waals surface area contributed by atoms with E-state index in [1.807, 2.05) is 30.3 Å². The number of anilines is 1. The molecule has 3 aromatic carbocycles. The molecule has 0 aliphatic carbocycles. The summed E-state index contributed by atoms with van der Waals surface area (Å²) in [6, 6.07) is 21.3. The van der Waals surface area contributed by atoms with Crippen molar-refractivity contribution in [3.63, 3.8) is 0 Å². The maximum absolute atomic E-state index is 13.5. The van der Waals surface area contributed by atoms with Gasteiger partial charge in [0.15, 0.2) is 9.84 Å². The van der Waals surface area contributed by atoms with Gasteiger partial charge in [0.2, 0.25) is 0 Å². The van der Waals surface area contributed by atoms with Gasteiger partial charge in [-0.25, -0.2) is 12.8 Å². The second-order valence-corrected chi connectivity index (χ2v) is 9.40. The van der Waals surface area contributed by atoms with Crippen LogP contribution in [0.1, 0.15) is 11.1 Å². The van der Waals surface area contributed by atoms with Gasteiger partial charge in [0.05, 0.1) is 10.6 Å². The highest BCUT2D eigenvalue weighted by atomic mass is 32.2. The second-order valence-electron chi connectivity index (χ2n) is 7.39. The van der Waals surface area contributed by atoms with Crippen molar-refractivity contribution in [2.24, 2.45) is 0 Å². The van der Waals surface area contributed by atoms with Crippen LogP contribution in [0.2, 0.25) is 0 Å². The number of carbonyl (C=O) groups excluding carboxylic acids is 1. The van der Waals surface area contributed by atoms with Crippen LogP contribution < -0.4 is 10.2 Å². The van der Waals surface area contributed by atoms with Crippen LogP contribution in [0.5, 0.6) is 0 Å². The molecule has 1 amide bonds. The fourth-order valence-corrected chi connectivity index (χ4v) is 4.15. The second kappa shape index (κ2) is 8.35. The molecule has 0 spiro atoms. The first kappa shape index (κ1) is 20.8. The summed E-state index contributed by atoms with van der Waals surface area (Å²) in [6.07, 6.45) is 3.32. The Kier molecular flexibility index (Phi) is 5.61. The smallest absolute Gasteiger partial charge is 0.254 e. The number of benzene rings is 3. The number of carbonyl (C=O) groups is 1. The molecule has 0 aromatic heterocycles. The van der Waals surface area contributed by atoms with Gasteiger partial charge in [-0.15, -0.1) is 0 Å². The molecule has 0 saturated heterocycles. The zero-order valence-corrected chi connectivity index (χ0v) is 17.6. The van der Waals surface area contributed by atoms with Gasteiger partial charge in [-0.3, -0.25) is 9.69 Å². The summed E-state index contributed by atoms with van der Waals surface area (Å²) in [5.74, 6) is -0.475. The summed E-state index contributed by atoms with van der Waals surface area (Å²) < 4.78 is 36.8. The van der Waals surface area contributed by atoms with Crippen molar-refractivity contribution in [2.75, 3.05) is 11.2 Å². The molecular formula is C24H21FN2O3S. The zero-order valence-electron chi connectivity index (χ0n) is 16.8. The van der Waals surface area contributed by atoms with E-state index in [-0.39, 0.29) is 16.6 Å². The topological polar surface area (TPSA) is 66.5 Å². The number of amides is 1. The van der Waals surface area contributed by atoms with Crippen LogP contribution in [0, 0.1) is 5.82 Å². The van der Waals surface area contributed by atoms with Crippen LogP contribution in [0.4, 0.5) is 10.1 Å². The van der Waals surface area contributed by atoms with E-state index in [1.54, 1.807) is 35.4 Å². The molecular weight excluding hydrogens is 415 g/mol. The van der Waals surface area contributed by atoms with E-state index in [2.05, 4.69) is 5.32 Å². The average molecular weight is 437 g/mol. The van der Waals surface area contributed by atoms with Crippen molar-refractivity contribution in [3.8, 4) is 0 Å². The standard InChI is InChI=1S/C24H21FN2O3S/c1-31(29,30)21-13-9-18(10-14-21)23-16-26-22(15-17-7-11-19(25)12-8-17)24(28)27(23)20-5-3-2-4-6-20/h2-14,16,22,26H,15H2,1H3. The molecule has 1 unspecified atom stereocenters. The first-order chi connectivity index (χ1) is 14.8. The molecule has 1 aliphatic heterocycles. The van der Waals surface area contributed by atoms with E-state index in [9.17, 15) is 17.6 Å². The van der Waals surface area contributed by atoms with Crippen molar-refractivity contribution in [1.29, 1.82) is 0 Å². The normalized spacial score (nSPS) is 16.6. The molecule has 0 bridgehead atoms. The Morgan fingerprint density at radius 2 is 1.58 bits per heavy atom. The van der Waals surface area contributed by atoms with E-state index in [1.165, 1.54) is 24.3 Å². The largest absolute Gasteiger partial charge is 0.378 e. The Labute approximate surface area is 180 Å². The molecule has 4 rings (SSSR count). The van der Waals surface area contributed by atoms with Crippen molar-refractivity contribution < 1.29 is 17.6 Å². The molecule has 1 aliphatic rings. The summed E-state index contributed by atoms with van der Waals surface area (Å²) >= 11 is 0. The molecule has 1 heterocycles. The summed E-state index contributed by atoms with van der Waals surface area (Å²) in [5.41, 5.74) is 2.87. The minimum Gasteiger partial charge on any atom is -0.378 e. The zero-order chi connectivity index (χ0) is 22.0. The average Bonchev–Trinajstić information content (AvgIpc) is 2.76. The lowest BCUT2D eigenvalue weighted by Crippen LogP contribution is -2.49. The maximum atomic E-state index is 13.5. The van der Waals surface area contributed by atoms with Crippen molar-refractivity contribution in [3.05, 3.63) is 102 Å². The maximum Gasteiger partial charge on any atom is 0.254 e. The number of para-hydroxylation sites is 1. The summed E-state index contributed by atoms with van der Waals surface area (Å²) in [7, 11) is -3.32. The van der Waals surface area contributed by atoms with Gasteiger partial charge in [0.1, 0.15) is 11.9 Å². The van der Waals surface area contributed by atoms with Crippen molar-refractivity contribution in [2.45, 2.75) is 17.4 Å². The van der Waals surface area contributed by atoms with E-state index >= 15 is 0 Å². The Hall–Kier alpha value is -3.45. The van der Waals surface area contributed by atoms with Gasteiger partial charge < -0.3 is 5.32 Å². The van der Waals surface area contributed by atoms with Gasteiger partial charge in [-0.2, -0.15) is 0 Å². The molecule has 31 heavy (non-hydrogen) atoms. The van der Waals surface area contributed by atoms with Crippen molar-refractivity contribution >= 4 is 27.1 Å². The number of nitrogens with one attached hydrogen (secondary N) is 1. The summed E-state index contributed by atoms with van der Waals surface area (Å²) in [4.78, 5) is 15.3. The lowest BCUT2D eigenvalue weighted by atomic mass is 10.0. The minimum atomic E-state index is -3.32. The van der Waals surface area contributed by atoms with Gasteiger partial charge in [-0.1, -0.05) is 42.5 Å². The third-order valence-corrected chi connectivity index (χ3v) is 6.25. The third-order valence-electron chi connectivity index (χ3n) is 5.13. The fraction of sp³-hybridized carbons (Fsp3) is 0.125. The Bertz CT molecular complexity index is 1220. The van der Waals surface area contributed by atoms with E-state index < -0.39 is 15.9 Å². The highest BCUT2D eigenvalue weighted by molar-refractivity contribution is 7.90. The molecule has 7 heteroatoms. The predicted molar refractivity (Wildman–Crippen MR) is 118 cm³/mol. The predicted octanol–water partition coefficient (Wildman–Crippen LogP) is 3.78. The van der Waals surface area contributed by atoms with Gasteiger partial charge in [-0.05, 0) is 42.0 Å². The van der Waals surface area contributed by atoms with Crippen LogP contribution in [0.3, 0.4) is 0 Å². The number of rotatable bonds is 5. The molecule has 5 nitrogen and oxygen atoms in total.